The molecule has 0 aromatic heterocycles. The van der Waals surface area contributed by atoms with Gasteiger partial charge in [0, 0.05) is 38.8 Å². The lowest BCUT2D eigenvalue weighted by Gasteiger charge is -2.33. The Labute approximate surface area is 195 Å². The summed E-state index contributed by atoms with van der Waals surface area (Å²) in [6.45, 7) is 8.02. The normalized spacial score (nSPS) is 19.4. The molecule has 184 valence electrons. The van der Waals surface area contributed by atoms with E-state index in [9.17, 15) is 29.7 Å². The molecule has 1 saturated heterocycles. The van der Waals surface area contributed by atoms with Crippen molar-refractivity contribution in [3.8, 4) is 0 Å². The van der Waals surface area contributed by atoms with Crippen LogP contribution in [-0.2, 0) is 26.2 Å². The Morgan fingerprint density at radius 2 is 1.36 bits per heavy atom. The van der Waals surface area contributed by atoms with Crippen LogP contribution in [-0.4, -0.2) is 106 Å². The summed E-state index contributed by atoms with van der Waals surface area (Å²) in [5.74, 6) is -2.89. The molecule has 3 N–H and O–H groups in total. The van der Waals surface area contributed by atoms with Crippen LogP contribution >= 0.6 is 0 Å². The maximum atomic E-state index is 11.6. The Hall–Kier alpha value is -2.49. The molecule has 1 fully saturated rings. The zero-order valence-electron chi connectivity index (χ0n) is 19.9. The molecule has 0 radical (unpaired) electrons. The first kappa shape index (κ1) is 26.8. The lowest BCUT2D eigenvalue weighted by molar-refractivity contribution is -0.140. The maximum absolute atomic E-state index is 11.6. The van der Waals surface area contributed by atoms with Crippen LogP contribution in [0.5, 0.6) is 0 Å². The molecule has 1 aromatic carbocycles. The quantitative estimate of drug-likeness (QED) is 0.473. The van der Waals surface area contributed by atoms with Crippen LogP contribution in [0.1, 0.15) is 38.3 Å². The SMILES string of the molecule is CCC(C)(C)c1ccc(CC2CN(CC(=O)O)CCN(CC(=O)O)CCN2CC(=O)O)cc1. The van der Waals surface area contributed by atoms with Gasteiger partial charge in [0.05, 0.1) is 19.6 Å². The van der Waals surface area contributed by atoms with Crippen LogP contribution < -0.4 is 0 Å². The summed E-state index contributed by atoms with van der Waals surface area (Å²) < 4.78 is 0. The highest BCUT2D eigenvalue weighted by Crippen LogP contribution is 2.27. The van der Waals surface area contributed by atoms with Crippen LogP contribution in [0.3, 0.4) is 0 Å². The third kappa shape index (κ3) is 8.75. The second-order valence-electron chi connectivity index (χ2n) is 9.46. The molecule has 0 amide bonds. The fourth-order valence-electron chi connectivity index (χ4n) is 4.18. The lowest BCUT2D eigenvalue weighted by Crippen LogP contribution is -2.49. The van der Waals surface area contributed by atoms with E-state index >= 15 is 0 Å². The smallest absolute Gasteiger partial charge is 0.317 e. The average Bonchev–Trinajstić information content (AvgIpc) is 2.79. The molecule has 9 heteroatoms. The zero-order valence-corrected chi connectivity index (χ0v) is 19.9. The van der Waals surface area contributed by atoms with Crippen molar-refractivity contribution in [3.05, 3.63) is 35.4 Å². The van der Waals surface area contributed by atoms with Crippen molar-refractivity contribution in [2.75, 3.05) is 52.4 Å². The molecule has 1 atom stereocenters. The van der Waals surface area contributed by atoms with E-state index in [1.54, 1.807) is 9.80 Å². The predicted molar refractivity (Wildman–Crippen MR) is 125 cm³/mol. The summed E-state index contributed by atoms with van der Waals surface area (Å²) in [5, 5.41) is 28.1. The summed E-state index contributed by atoms with van der Waals surface area (Å²) in [6, 6.07) is 8.14. The molecule has 0 aliphatic carbocycles. The third-order valence-corrected chi connectivity index (χ3v) is 6.57. The molecule has 33 heavy (non-hydrogen) atoms. The molecule has 9 nitrogen and oxygen atoms in total. The minimum Gasteiger partial charge on any atom is -0.480 e. The van der Waals surface area contributed by atoms with Gasteiger partial charge in [-0.05, 0) is 29.4 Å². The number of nitrogens with zero attached hydrogens (tertiary/aromatic N) is 3. The largest absolute Gasteiger partial charge is 0.480 e. The Bertz CT molecular complexity index is 811. The summed E-state index contributed by atoms with van der Waals surface area (Å²) in [5.41, 5.74) is 2.36. The number of carbonyl (C=O) groups is 3. The van der Waals surface area contributed by atoms with Crippen LogP contribution in [0.4, 0.5) is 0 Å². The Morgan fingerprint density at radius 1 is 0.848 bits per heavy atom. The highest BCUT2D eigenvalue weighted by molar-refractivity contribution is 5.70. The number of hydrogen-bond acceptors (Lipinski definition) is 6. The van der Waals surface area contributed by atoms with Gasteiger partial charge in [0.15, 0.2) is 0 Å². The summed E-state index contributed by atoms with van der Waals surface area (Å²) in [6.07, 6.45) is 1.59. The predicted octanol–water partition coefficient (Wildman–Crippen LogP) is 1.46. The van der Waals surface area contributed by atoms with Gasteiger partial charge in [0.1, 0.15) is 0 Å². The standard InChI is InChI=1S/C24H37N3O6/c1-4-24(2,3)19-7-5-18(6-8-19)13-20-14-26(16-22(30)31)10-9-25(15-21(28)29)11-12-27(20)17-23(32)33/h5-8,20H,4,9-17H2,1-3H3,(H,28,29)(H,30,31)(H,32,33). The van der Waals surface area contributed by atoms with E-state index < -0.39 is 17.9 Å². The number of rotatable bonds is 10. The second kappa shape index (κ2) is 12.1. The highest BCUT2D eigenvalue weighted by atomic mass is 16.4. The first-order valence-corrected chi connectivity index (χ1v) is 11.4. The van der Waals surface area contributed by atoms with Crippen molar-refractivity contribution in [2.45, 2.75) is 45.1 Å². The van der Waals surface area contributed by atoms with Gasteiger partial charge in [-0.25, -0.2) is 0 Å². The Morgan fingerprint density at radius 3 is 1.91 bits per heavy atom. The van der Waals surface area contributed by atoms with Gasteiger partial charge in [0.2, 0.25) is 0 Å². The Kier molecular flexibility index (Phi) is 9.82. The summed E-state index contributed by atoms with van der Waals surface area (Å²) in [4.78, 5) is 39.6. The van der Waals surface area contributed by atoms with E-state index in [1.807, 2.05) is 4.90 Å². The topological polar surface area (TPSA) is 122 Å². The van der Waals surface area contributed by atoms with Gasteiger partial charge in [-0.1, -0.05) is 45.0 Å². The van der Waals surface area contributed by atoms with Crippen molar-refractivity contribution in [1.29, 1.82) is 0 Å². The highest BCUT2D eigenvalue weighted by Gasteiger charge is 2.28. The minimum atomic E-state index is -0.964. The molecule has 1 heterocycles. The van der Waals surface area contributed by atoms with Crippen molar-refractivity contribution >= 4 is 17.9 Å². The molecule has 1 aliphatic rings. The molecule has 1 aromatic rings. The van der Waals surface area contributed by atoms with Crippen molar-refractivity contribution in [3.63, 3.8) is 0 Å². The fourth-order valence-corrected chi connectivity index (χ4v) is 4.18. The maximum Gasteiger partial charge on any atom is 0.317 e. The molecule has 1 aliphatic heterocycles. The number of hydrogen-bond donors (Lipinski definition) is 3. The molecule has 0 saturated carbocycles. The van der Waals surface area contributed by atoms with Crippen molar-refractivity contribution in [1.82, 2.24) is 14.7 Å². The van der Waals surface area contributed by atoms with Gasteiger partial charge >= 0.3 is 17.9 Å². The van der Waals surface area contributed by atoms with E-state index in [1.165, 1.54) is 5.56 Å². The number of benzene rings is 1. The summed E-state index contributed by atoms with van der Waals surface area (Å²) in [7, 11) is 0. The summed E-state index contributed by atoms with van der Waals surface area (Å²) >= 11 is 0. The zero-order chi connectivity index (χ0) is 24.6. The molecule has 2 rings (SSSR count). The average molecular weight is 464 g/mol. The van der Waals surface area contributed by atoms with Crippen LogP contribution in [0.2, 0.25) is 0 Å². The fraction of sp³-hybridized carbons (Fsp3) is 0.625. The lowest BCUT2D eigenvalue weighted by atomic mass is 9.82. The van der Waals surface area contributed by atoms with Gasteiger partial charge in [-0.2, -0.15) is 0 Å². The first-order chi connectivity index (χ1) is 15.5. The van der Waals surface area contributed by atoms with E-state index in [0.717, 1.165) is 12.0 Å². The van der Waals surface area contributed by atoms with Gasteiger partial charge in [0.25, 0.3) is 0 Å². The van der Waals surface area contributed by atoms with Gasteiger partial charge in [-0.15, -0.1) is 0 Å². The van der Waals surface area contributed by atoms with Crippen LogP contribution in [0, 0.1) is 0 Å². The molecule has 1 unspecified atom stereocenters. The van der Waals surface area contributed by atoms with Crippen molar-refractivity contribution < 1.29 is 29.7 Å². The van der Waals surface area contributed by atoms with E-state index in [4.69, 9.17) is 0 Å². The van der Waals surface area contributed by atoms with Crippen molar-refractivity contribution in [2.24, 2.45) is 0 Å². The molecule has 0 spiro atoms. The van der Waals surface area contributed by atoms with Crippen LogP contribution in [0.25, 0.3) is 0 Å². The number of carboxylic acid groups (broad SMARTS) is 3. The Balaban J connectivity index is 2.29. The number of carboxylic acids is 3. The van der Waals surface area contributed by atoms with E-state index in [2.05, 4.69) is 45.0 Å². The monoisotopic (exact) mass is 463 g/mol. The van der Waals surface area contributed by atoms with E-state index in [0.29, 0.717) is 39.1 Å². The van der Waals surface area contributed by atoms with Gasteiger partial charge < -0.3 is 15.3 Å². The third-order valence-electron chi connectivity index (χ3n) is 6.57. The second-order valence-corrected chi connectivity index (χ2v) is 9.46. The first-order valence-electron chi connectivity index (χ1n) is 11.4. The number of aliphatic carboxylic acids is 3. The van der Waals surface area contributed by atoms with Gasteiger partial charge in [-0.3, -0.25) is 29.1 Å². The van der Waals surface area contributed by atoms with E-state index in [-0.39, 0.29) is 31.1 Å². The molecular weight excluding hydrogens is 426 g/mol. The molecular formula is C24H37N3O6. The minimum absolute atomic E-state index is 0.0674. The molecule has 0 bridgehead atoms. The van der Waals surface area contributed by atoms with Crippen LogP contribution in [0.15, 0.2) is 24.3 Å².